The van der Waals surface area contributed by atoms with E-state index in [9.17, 15) is 0 Å². The zero-order chi connectivity index (χ0) is 11.3. The first-order chi connectivity index (χ1) is 7.09. The van der Waals surface area contributed by atoms with Crippen LogP contribution >= 0.6 is 0 Å². The molecular weight excluding hydrogens is 192 g/mol. The average Bonchev–Trinajstić information content (AvgIpc) is 2.27. The van der Waals surface area contributed by atoms with Crippen molar-refractivity contribution in [1.82, 2.24) is 0 Å². The standard InChI is InChI=1S/C11H14N2O2/c1-11(13,7-12)8-15-10-5-3-2-4-9(10)6-14/h2-5,14H,6,8,13H2,1H3. The molecule has 0 radical (unpaired) electrons. The monoisotopic (exact) mass is 206 g/mol. The lowest BCUT2D eigenvalue weighted by atomic mass is 10.1. The van der Waals surface area contributed by atoms with Gasteiger partial charge in [0.2, 0.25) is 0 Å². The van der Waals surface area contributed by atoms with Crippen molar-refractivity contribution in [1.29, 1.82) is 5.26 Å². The molecule has 0 spiro atoms. The molecule has 1 rings (SSSR count). The van der Waals surface area contributed by atoms with Crippen LogP contribution in [-0.2, 0) is 6.61 Å². The summed E-state index contributed by atoms with van der Waals surface area (Å²) in [5.41, 5.74) is 5.28. The van der Waals surface area contributed by atoms with Gasteiger partial charge in [-0.25, -0.2) is 0 Å². The van der Waals surface area contributed by atoms with Crippen LogP contribution in [0.5, 0.6) is 5.75 Å². The minimum atomic E-state index is -1.01. The van der Waals surface area contributed by atoms with Gasteiger partial charge >= 0.3 is 0 Å². The first kappa shape index (κ1) is 11.5. The van der Waals surface area contributed by atoms with Crippen molar-refractivity contribution < 1.29 is 9.84 Å². The maximum Gasteiger partial charge on any atom is 0.135 e. The van der Waals surface area contributed by atoms with Gasteiger partial charge in [0.25, 0.3) is 0 Å². The molecule has 0 saturated carbocycles. The fourth-order valence-electron chi connectivity index (χ4n) is 1.04. The molecule has 1 aromatic carbocycles. The second-order valence-electron chi connectivity index (χ2n) is 3.58. The molecule has 0 heterocycles. The molecule has 0 amide bonds. The fraction of sp³-hybridized carbons (Fsp3) is 0.364. The molecular formula is C11H14N2O2. The second kappa shape index (κ2) is 4.78. The van der Waals surface area contributed by atoms with Crippen molar-refractivity contribution in [3.05, 3.63) is 29.8 Å². The van der Waals surface area contributed by atoms with E-state index < -0.39 is 5.54 Å². The Kier molecular flexibility index (Phi) is 3.67. The summed E-state index contributed by atoms with van der Waals surface area (Å²) in [5, 5.41) is 17.7. The van der Waals surface area contributed by atoms with Gasteiger partial charge in [0.05, 0.1) is 12.7 Å². The smallest absolute Gasteiger partial charge is 0.135 e. The molecule has 80 valence electrons. The zero-order valence-electron chi connectivity index (χ0n) is 8.60. The average molecular weight is 206 g/mol. The lowest BCUT2D eigenvalue weighted by molar-refractivity contribution is 0.242. The van der Waals surface area contributed by atoms with Crippen LogP contribution < -0.4 is 10.5 Å². The Morgan fingerprint density at radius 2 is 2.20 bits per heavy atom. The van der Waals surface area contributed by atoms with Gasteiger partial charge in [-0.1, -0.05) is 18.2 Å². The summed E-state index contributed by atoms with van der Waals surface area (Å²) < 4.78 is 5.38. The third kappa shape index (κ3) is 3.24. The van der Waals surface area contributed by atoms with Gasteiger partial charge < -0.3 is 15.6 Å². The molecule has 0 bridgehead atoms. The van der Waals surface area contributed by atoms with Gasteiger partial charge in [0.15, 0.2) is 0 Å². The quantitative estimate of drug-likeness (QED) is 0.763. The minimum absolute atomic E-state index is 0.0932. The molecule has 0 aliphatic rings. The van der Waals surface area contributed by atoms with E-state index in [1.165, 1.54) is 0 Å². The molecule has 0 aromatic heterocycles. The van der Waals surface area contributed by atoms with Gasteiger partial charge in [-0.15, -0.1) is 0 Å². The van der Waals surface area contributed by atoms with Crippen molar-refractivity contribution in [3.63, 3.8) is 0 Å². The van der Waals surface area contributed by atoms with Crippen LogP contribution in [0.2, 0.25) is 0 Å². The Labute approximate surface area is 88.9 Å². The highest BCUT2D eigenvalue weighted by molar-refractivity contribution is 5.32. The lowest BCUT2D eigenvalue weighted by Crippen LogP contribution is -2.40. The van der Waals surface area contributed by atoms with Crippen LogP contribution in [0.25, 0.3) is 0 Å². The number of benzene rings is 1. The van der Waals surface area contributed by atoms with Crippen LogP contribution in [0.15, 0.2) is 24.3 Å². The number of aliphatic hydroxyl groups is 1. The summed E-state index contributed by atoms with van der Waals surface area (Å²) in [5.74, 6) is 0.562. The van der Waals surface area contributed by atoms with Gasteiger partial charge in [-0.05, 0) is 13.0 Å². The number of hydrogen-bond donors (Lipinski definition) is 2. The van der Waals surface area contributed by atoms with Crippen LogP contribution in [0.3, 0.4) is 0 Å². The molecule has 0 saturated heterocycles. The molecule has 1 aromatic rings. The van der Waals surface area contributed by atoms with Crippen LogP contribution in [0, 0.1) is 11.3 Å². The molecule has 3 N–H and O–H groups in total. The summed E-state index contributed by atoms with van der Waals surface area (Å²) in [4.78, 5) is 0. The zero-order valence-corrected chi connectivity index (χ0v) is 8.60. The number of nitrogens with two attached hydrogens (primary N) is 1. The first-order valence-corrected chi connectivity index (χ1v) is 4.61. The maximum atomic E-state index is 9.03. The lowest BCUT2D eigenvalue weighted by Gasteiger charge is -2.17. The number of para-hydroxylation sites is 1. The summed E-state index contributed by atoms with van der Waals surface area (Å²) in [6, 6.07) is 9.04. The van der Waals surface area contributed by atoms with E-state index >= 15 is 0 Å². The van der Waals surface area contributed by atoms with Crippen molar-refractivity contribution in [2.75, 3.05) is 6.61 Å². The number of rotatable bonds is 4. The summed E-state index contributed by atoms with van der Waals surface area (Å²) in [6.45, 7) is 1.60. The van der Waals surface area contributed by atoms with E-state index in [1.54, 1.807) is 25.1 Å². The predicted molar refractivity (Wildman–Crippen MR) is 56.1 cm³/mol. The van der Waals surface area contributed by atoms with Crippen LogP contribution in [-0.4, -0.2) is 17.3 Å². The topological polar surface area (TPSA) is 79.3 Å². The van der Waals surface area contributed by atoms with E-state index in [2.05, 4.69) is 0 Å². The highest BCUT2D eigenvalue weighted by Crippen LogP contribution is 2.18. The minimum Gasteiger partial charge on any atom is -0.490 e. The van der Waals surface area contributed by atoms with Crippen LogP contribution in [0.4, 0.5) is 0 Å². The largest absolute Gasteiger partial charge is 0.490 e. The van der Waals surface area contributed by atoms with Gasteiger partial charge in [-0.3, -0.25) is 0 Å². The van der Waals surface area contributed by atoms with Crippen molar-refractivity contribution in [2.45, 2.75) is 19.1 Å². The second-order valence-corrected chi connectivity index (χ2v) is 3.58. The highest BCUT2D eigenvalue weighted by atomic mass is 16.5. The van der Waals surface area contributed by atoms with Crippen molar-refractivity contribution in [3.8, 4) is 11.8 Å². The summed E-state index contributed by atoms with van der Waals surface area (Å²) in [6.07, 6.45) is 0. The third-order valence-electron chi connectivity index (χ3n) is 1.93. The normalized spacial score (nSPS) is 14.0. The summed E-state index contributed by atoms with van der Waals surface area (Å²) in [7, 11) is 0. The molecule has 0 aliphatic heterocycles. The Bertz CT molecular complexity index is 369. The number of nitrogens with zero attached hydrogens (tertiary/aromatic N) is 1. The fourth-order valence-corrected chi connectivity index (χ4v) is 1.04. The van der Waals surface area contributed by atoms with E-state index in [0.717, 1.165) is 0 Å². The summed E-state index contributed by atoms with van der Waals surface area (Å²) >= 11 is 0. The third-order valence-corrected chi connectivity index (χ3v) is 1.93. The van der Waals surface area contributed by atoms with Gasteiger partial charge in [0, 0.05) is 5.56 Å². The Morgan fingerprint density at radius 1 is 1.53 bits per heavy atom. The van der Waals surface area contributed by atoms with Gasteiger partial charge in [-0.2, -0.15) is 5.26 Å². The number of hydrogen-bond acceptors (Lipinski definition) is 4. The predicted octanol–water partition coefficient (Wildman–Crippen LogP) is 0.799. The van der Waals surface area contributed by atoms with E-state index in [0.29, 0.717) is 11.3 Å². The van der Waals surface area contributed by atoms with Crippen molar-refractivity contribution in [2.24, 2.45) is 5.73 Å². The SMILES string of the molecule is CC(N)(C#N)COc1ccccc1CO. The molecule has 4 nitrogen and oxygen atoms in total. The Balaban J connectivity index is 2.70. The van der Waals surface area contributed by atoms with Crippen LogP contribution in [0.1, 0.15) is 12.5 Å². The molecule has 1 unspecified atom stereocenters. The molecule has 0 fully saturated rings. The number of aliphatic hydroxyl groups excluding tert-OH is 1. The molecule has 1 atom stereocenters. The highest BCUT2D eigenvalue weighted by Gasteiger charge is 2.18. The van der Waals surface area contributed by atoms with Crippen molar-refractivity contribution >= 4 is 0 Å². The van der Waals surface area contributed by atoms with E-state index in [1.807, 2.05) is 12.1 Å². The number of nitriles is 1. The number of ether oxygens (including phenoxy) is 1. The molecule has 0 aliphatic carbocycles. The Morgan fingerprint density at radius 3 is 2.80 bits per heavy atom. The maximum absolute atomic E-state index is 9.03. The van der Waals surface area contributed by atoms with E-state index in [4.69, 9.17) is 20.8 Å². The van der Waals surface area contributed by atoms with E-state index in [-0.39, 0.29) is 13.2 Å². The molecule has 4 heteroatoms. The molecule has 15 heavy (non-hydrogen) atoms. The first-order valence-electron chi connectivity index (χ1n) is 4.61. The Hall–Kier alpha value is -1.57. The van der Waals surface area contributed by atoms with Gasteiger partial charge in [0.1, 0.15) is 17.9 Å².